The molecule has 3 rings (SSSR count). The maximum Gasteiger partial charge on any atom is 0.168 e. The summed E-state index contributed by atoms with van der Waals surface area (Å²) in [6, 6.07) is 17.2. The van der Waals surface area contributed by atoms with E-state index >= 15 is 0 Å². The third kappa shape index (κ3) is 2.23. The molecule has 19 heavy (non-hydrogen) atoms. The summed E-state index contributed by atoms with van der Waals surface area (Å²) in [5.41, 5.74) is 3.21. The lowest BCUT2D eigenvalue weighted by molar-refractivity contribution is 0.111. The van der Waals surface area contributed by atoms with Crippen LogP contribution in [0.3, 0.4) is 0 Å². The van der Waals surface area contributed by atoms with Gasteiger partial charge in [0.25, 0.3) is 0 Å². The normalized spacial score (nSPS) is 10.6. The van der Waals surface area contributed by atoms with Crippen molar-refractivity contribution in [3.8, 4) is 11.1 Å². The predicted octanol–water partition coefficient (Wildman–Crippen LogP) is 4.37. The Morgan fingerprint density at radius 3 is 2.53 bits per heavy atom. The minimum atomic E-state index is 0.425. The second-order valence-corrected chi connectivity index (χ2v) is 4.68. The first kappa shape index (κ1) is 11.9. The second-order valence-electron chi connectivity index (χ2n) is 4.24. The number of halogens is 1. The van der Waals surface area contributed by atoms with Crippen molar-refractivity contribution in [3.63, 3.8) is 0 Å². The molecule has 0 amide bonds. The fraction of sp³-hybridized carbons (Fsp3) is 0. The summed E-state index contributed by atoms with van der Waals surface area (Å²) < 4.78 is 0. The molecular formula is C16H10ClNO. The largest absolute Gasteiger partial charge is 0.296 e. The van der Waals surface area contributed by atoms with Crippen LogP contribution in [0.4, 0.5) is 0 Å². The standard InChI is InChI=1S/C16H10ClNO/c17-12-6-7-16-15(8-12)14(9-13(10-19)18-16)11-4-2-1-3-5-11/h1-10H. The SMILES string of the molecule is O=Cc1cc(-c2ccccc2)c2cc(Cl)ccc2n1. The summed E-state index contributed by atoms with van der Waals surface area (Å²) in [6.45, 7) is 0. The number of carbonyl (C=O) groups excluding carboxylic acids is 1. The highest BCUT2D eigenvalue weighted by molar-refractivity contribution is 6.31. The van der Waals surface area contributed by atoms with Crippen molar-refractivity contribution in [2.45, 2.75) is 0 Å². The lowest BCUT2D eigenvalue weighted by Gasteiger charge is -2.08. The molecule has 0 aliphatic heterocycles. The highest BCUT2D eigenvalue weighted by Gasteiger charge is 2.08. The van der Waals surface area contributed by atoms with E-state index in [2.05, 4.69) is 4.98 Å². The zero-order valence-electron chi connectivity index (χ0n) is 10.0. The molecule has 0 saturated heterocycles. The van der Waals surface area contributed by atoms with Crippen molar-refractivity contribution >= 4 is 28.8 Å². The Hall–Kier alpha value is -2.19. The van der Waals surface area contributed by atoms with E-state index in [-0.39, 0.29) is 0 Å². The molecule has 1 heterocycles. The number of hydrogen-bond donors (Lipinski definition) is 0. The molecule has 0 unspecified atom stereocenters. The van der Waals surface area contributed by atoms with Gasteiger partial charge in [-0.3, -0.25) is 4.79 Å². The zero-order valence-corrected chi connectivity index (χ0v) is 10.8. The van der Waals surface area contributed by atoms with Gasteiger partial charge in [0.05, 0.1) is 5.52 Å². The molecule has 0 aliphatic rings. The molecule has 0 spiro atoms. The van der Waals surface area contributed by atoms with E-state index in [0.29, 0.717) is 10.7 Å². The van der Waals surface area contributed by atoms with E-state index in [1.807, 2.05) is 42.5 Å². The van der Waals surface area contributed by atoms with Crippen LogP contribution >= 0.6 is 11.6 Å². The Bertz CT molecular complexity index is 753. The summed E-state index contributed by atoms with van der Waals surface area (Å²) in [6.07, 6.45) is 0.764. The van der Waals surface area contributed by atoms with Crippen LogP contribution in [0.15, 0.2) is 54.6 Å². The van der Waals surface area contributed by atoms with Crippen LogP contribution in [0.25, 0.3) is 22.0 Å². The van der Waals surface area contributed by atoms with Gasteiger partial charge in [0, 0.05) is 10.4 Å². The number of nitrogens with zero attached hydrogens (tertiary/aromatic N) is 1. The fourth-order valence-electron chi connectivity index (χ4n) is 2.14. The van der Waals surface area contributed by atoms with Crippen LogP contribution in [0.2, 0.25) is 5.02 Å². The Morgan fingerprint density at radius 1 is 1.00 bits per heavy atom. The molecule has 0 radical (unpaired) electrons. The van der Waals surface area contributed by atoms with Gasteiger partial charge in [0.15, 0.2) is 6.29 Å². The molecule has 2 aromatic carbocycles. The summed E-state index contributed by atoms with van der Waals surface area (Å²) in [5, 5.41) is 1.61. The van der Waals surface area contributed by atoms with Crippen molar-refractivity contribution in [2.24, 2.45) is 0 Å². The molecule has 0 N–H and O–H groups in total. The van der Waals surface area contributed by atoms with Crippen LogP contribution in [0.1, 0.15) is 10.5 Å². The average molecular weight is 268 g/mol. The van der Waals surface area contributed by atoms with Gasteiger partial charge in [-0.1, -0.05) is 41.9 Å². The first-order valence-electron chi connectivity index (χ1n) is 5.89. The van der Waals surface area contributed by atoms with Gasteiger partial charge in [-0.2, -0.15) is 0 Å². The number of aromatic nitrogens is 1. The minimum absolute atomic E-state index is 0.425. The quantitative estimate of drug-likeness (QED) is 0.646. The van der Waals surface area contributed by atoms with Gasteiger partial charge in [-0.25, -0.2) is 4.98 Å². The molecule has 0 saturated carbocycles. The fourth-order valence-corrected chi connectivity index (χ4v) is 2.31. The molecule has 92 valence electrons. The van der Waals surface area contributed by atoms with Crippen LogP contribution in [-0.2, 0) is 0 Å². The van der Waals surface area contributed by atoms with Crippen molar-refractivity contribution in [1.82, 2.24) is 4.98 Å². The number of pyridine rings is 1. The van der Waals surface area contributed by atoms with Crippen molar-refractivity contribution in [1.29, 1.82) is 0 Å². The maximum atomic E-state index is 11.0. The third-order valence-corrected chi connectivity index (χ3v) is 3.23. The van der Waals surface area contributed by atoms with Gasteiger partial charge in [0.1, 0.15) is 5.69 Å². The number of hydrogen-bond acceptors (Lipinski definition) is 2. The van der Waals surface area contributed by atoms with Crippen molar-refractivity contribution in [2.75, 3.05) is 0 Å². The Morgan fingerprint density at radius 2 is 1.79 bits per heavy atom. The molecule has 0 fully saturated rings. The number of rotatable bonds is 2. The number of fused-ring (bicyclic) bond motifs is 1. The van der Waals surface area contributed by atoms with Gasteiger partial charge in [0.2, 0.25) is 0 Å². The van der Waals surface area contributed by atoms with E-state index in [1.165, 1.54) is 0 Å². The van der Waals surface area contributed by atoms with Gasteiger partial charge in [-0.15, -0.1) is 0 Å². The topological polar surface area (TPSA) is 30.0 Å². The average Bonchev–Trinajstić information content (AvgIpc) is 2.47. The summed E-state index contributed by atoms with van der Waals surface area (Å²) in [5.74, 6) is 0. The van der Waals surface area contributed by atoms with Gasteiger partial charge >= 0.3 is 0 Å². The first-order chi connectivity index (χ1) is 9.28. The van der Waals surface area contributed by atoms with Gasteiger partial charge < -0.3 is 0 Å². The summed E-state index contributed by atoms with van der Waals surface area (Å²) in [7, 11) is 0. The van der Waals surface area contributed by atoms with E-state index in [9.17, 15) is 4.79 Å². The smallest absolute Gasteiger partial charge is 0.168 e. The predicted molar refractivity (Wildman–Crippen MR) is 77.6 cm³/mol. The van der Waals surface area contributed by atoms with Crippen LogP contribution in [0, 0.1) is 0 Å². The van der Waals surface area contributed by atoms with E-state index in [0.717, 1.165) is 28.3 Å². The highest BCUT2D eigenvalue weighted by Crippen LogP contribution is 2.30. The lowest BCUT2D eigenvalue weighted by atomic mass is 10.0. The molecule has 3 heteroatoms. The maximum absolute atomic E-state index is 11.0. The molecule has 3 aromatic rings. The number of benzene rings is 2. The van der Waals surface area contributed by atoms with Crippen molar-refractivity contribution < 1.29 is 4.79 Å². The molecular weight excluding hydrogens is 258 g/mol. The highest BCUT2D eigenvalue weighted by atomic mass is 35.5. The van der Waals surface area contributed by atoms with E-state index in [4.69, 9.17) is 11.6 Å². The molecule has 2 nitrogen and oxygen atoms in total. The van der Waals surface area contributed by atoms with Crippen LogP contribution in [-0.4, -0.2) is 11.3 Å². The molecule has 0 atom stereocenters. The molecule has 1 aromatic heterocycles. The monoisotopic (exact) mass is 267 g/mol. The Balaban J connectivity index is 2.38. The van der Waals surface area contributed by atoms with Gasteiger partial charge in [-0.05, 0) is 35.4 Å². The van der Waals surface area contributed by atoms with E-state index < -0.39 is 0 Å². The molecule has 0 aliphatic carbocycles. The number of aldehydes is 1. The van der Waals surface area contributed by atoms with Crippen LogP contribution in [0.5, 0.6) is 0 Å². The minimum Gasteiger partial charge on any atom is -0.296 e. The Labute approximate surface area is 115 Å². The zero-order chi connectivity index (χ0) is 13.2. The Kier molecular flexibility index (Phi) is 3.02. The lowest BCUT2D eigenvalue weighted by Crippen LogP contribution is -1.91. The van der Waals surface area contributed by atoms with Crippen molar-refractivity contribution in [3.05, 3.63) is 65.3 Å². The number of carbonyl (C=O) groups is 1. The van der Waals surface area contributed by atoms with Crippen LogP contribution < -0.4 is 0 Å². The first-order valence-corrected chi connectivity index (χ1v) is 6.26. The second kappa shape index (κ2) is 4.82. The summed E-state index contributed by atoms with van der Waals surface area (Å²) >= 11 is 6.05. The third-order valence-electron chi connectivity index (χ3n) is 3.00. The van der Waals surface area contributed by atoms with E-state index in [1.54, 1.807) is 12.1 Å². The summed E-state index contributed by atoms with van der Waals surface area (Å²) in [4.78, 5) is 15.3. The molecule has 0 bridgehead atoms.